The third kappa shape index (κ3) is 2.65. The minimum atomic E-state index is -4.33. The van der Waals surface area contributed by atoms with E-state index < -0.39 is 11.7 Å². The lowest BCUT2D eigenvalue weighted by Gasteiger charge is -2.38. The summed E-state index contributed by atoms with van der Waals surface area (Å²) >= 11 is 1.37. The molecule has 1 aromatic heterocycles. The molecule has 3 rings (SSSR count). The Labute approximate surface area is 117 Å². The molecule has 0 aliphatic carbocycles. The van der Waals surface area contributed by atoms with Gasteiger partial charge in [0.1, 0.15) is 5.01 Å². The number of fused-ring (bicyclic) bond motifs is 1. The normalized spacial score (nSPS) is 18.2. The Bertz CT molecular complexity index is 634. The highest BCUT2D eigenvalue weighted by Gasteiger charge is 2.33. The van der Waals surface area contributed by atoms with Crippen molar-refractivity contribution in [2.24, 2.45) is 0 Å². The van der Waals surface area contributed by atoms with Gasteiger partial charge in [-0.15, -0.1) is 11.3 Å². The molecule has 1 aliphatic rings. The first-order valence-electron chi connectivity index (χ1n) is 6.17. The summed E-state index contributed by atoms with van der Waals surface area (Å²) in [5.41, 5.74) is -0.479. The van der Waals surface area contributed by atoms with Crippen LogP contribution in [0.3, 0.4) is 0 Å². The van der Waals surface area contributed by atoms with Gasteiger partial charge in [-0.25, -0.2) is 4.98 Å². The number of hydrogen-bond acceptors (Lipinski definition) is 4. The number of hydrogen-bond donors (Lipinski definition) is 1. The zero-order valence-corrected chi connectivity index (χ0v) is 11.6. The number of aromatic nitrogens is 1. The van der Waals surface area contributed by atoms with Gasteiger partial charge in [-0.1, -0.05) is 0 Å². The smallest absolute Gasteiger partial charge is 0.365 e. The fourth-order valence-corrected chi connectivity index (χ4v) is 2.89. The van der Waals surface area contributed by atoms with E-state index in [4.69, 9.17) is 4.74 Å². The molecule has 1 fully saturated rings. The van der Waals surface area contributed by atoms with Gasteiger partial charge in [-0.3, -0.25) is 0 Å². The van der Waals surface area contributed by atoms with Crippen molar-refractivity contribution in [1.29, 1.82) is 0 Å². The molecule has 7 heteroatoms. The average Bonchev–Trinajstić information content (AvgIpc) is 2.74. The van der Waals surface area contributed by atoms with Crippen molar-refractivity contribution in [3.63, 3.8) is 0 Å². The number of rotatable bonds is 3. The largest absolute Gasteiger partial charge is 0.416 e. The quantitative estimate of drug-likeness (QED) is 0.945. The van der Waals surface area contributed by atoms with Gasteiger partial charge in [-0.2, -0.15) is 13.2 Å². The average molecular weight is 302 g/mol. The van der Waals surface area contributed by atoms with Crippen LogP contribution in [0.5, 0.6) is 0 Å². The van der Waals surface area contributed by atoms with Gasteiger partial charge in [-0.05, 0) is 25.1 Å². The Kier molecular flexibility index (Phi) is 3.23. The Morgan fingerprint density at radius 3 is 2.75 bits per heavy atom. The third-order valence-electron chi connectivity index (χ3n) is 3.30. The molecule has 1 aliphatic heterocycles. The Morgan fingerprint density at radius 1 is 1.40 bits per heavy atom. The van der Waals surface area contributed by atoms with Crippen LogP contribution in [-0.4, -0.2) is 23.7 Å². The Hall–Kier alpha value is -1.18. The second kappa shape index (κ2) is 4.68. The Balaban J connectivity index is 1.80. The highest BCUT2D eigenvalue weighted by molar-refractivity contribution is 7.18. The van der Waals surface area contributed by atoms with Gasteiger partial charge in [0.2, 0.25) is 0 Å². The summed E-state index contributed by atoms with van der Waals surface area (Å²) in [5, 5.41) is 3.82. The van der Waals surface area contributed by atoms with E-state index in [1.165, 1.54) is 17.4 Å². The summed E-state index contributed by atoms with van der Waals surface area (Å²) in [4.78, 5) is 4.22. The molecule has 0 amide bonds. The molecule has 2 heterocycles. The molecule has 2 aromatic rings. The summed E-state index contributed by atoms with van der Waals surface area (Å²) < 4.78 is 44.4. The van der Waals surface area contributed by atoms with Crippen LogP contribution in [0.2, 0.25) is 0 Å². The van der Waals surface area contributed by atoms with E-state index in [0.717, 1.165) is 29.9 Å². The summed E-state index contributed by atoms with van der Waals surface area (Å²) in [6.45, 7) is 3.91. The predicted octanol–water partition coefficient (Wildman–Crippen LogP) is 3.19. The van der Waals surface area contributed by atoms with Crippen molar-refractivity contribution in [2.45, 2.75) is 25.3 Å². The molecule has 108 valence electrons. The standard InChI is InChI=1S/C13H13F3N2OS/c1-12(6-17-7-12)19-5-11-18-9-4-8(13(14,15)16)2-3-10(9)20-11/h2-4,17H,5-7H2,1H3. The molecule has 0 unspecified atom stereocenters. The highest BCUT2D eigenvalue weighted by atomic mass is 32.1. The van der Waals surface area contributed by atoms with Crippen LogP contribution in [-0.2, 0) is 17.5 Å². The zero-order chi connectivity index (χ0) is 14.4. The molecule has 0 spiro atoms. The van der Waals surface area contributed by atoms with Crippen molar-refractivity contribution in [3.8, 4) is 0 Å². The maximum atomic E-state index is 12.6. The van der Waals surface area contributed by atoms with E-state index in [-0.39, 0.29) is 5.60 Å². The maximum Gasteiger partial charge on any atom is 0.416 e. The van der Waals surface area contributed by atoms with Gasteiger partial charge >= 0.3 is 6.18 Å². The van der Waals surface area contributed by atoms with Gasteiger partial charge in [0.15, 0.2) is 0 Å². The molecule has 1 saturated heterocycles. The summed E-state index contributed by atoms with van der Waals surface area (Å²) in [5.74, 6) is 0. The molecule has 0 radical (unpaired) electrons. The molecule has 0 bridgehead atoms. The van der Waals surface area contributed by atoms with Crippen molar-refractivity contribution in [3.05, 3.63) is 28.8 Å². The summed E-state index contributed by atoms with van der Waals surface area (Å²) in [7, 11) is 0. The number of benzene rings is 1. The fourth-order valence-electron chi connectivity index (χ4n) is 2.03. The van der Waals surface area contributed by atoms with Crippen molar-refractivity contribution >= 4 is 21.6 Å². The van der Waals surface area contributed by atoms with Crippen LogP contribution in [0.1, 0.15) is 17.5 Å². The lowest BCUT2D eigenvalue weighted by Crippen LogP contribution is -2.58. The van der Waals surface area contributed by atoms with Gasteiger partial charge < -0.3 is 10.1 Å². The number of thiazole rings is 1. The van der Waals surface area contributed by atoms with Crippen molar-refractivity contribution < 1.29 is 17.9 Å². The first kappa shape index (κ1) is 13.8. The molecule has 0 saturated carbocycles. The van der Waals surface area contributed by atoms with E-state index in [9.17, 15) is 13.2 Å². The lowest BCUT2D eigenvalue weighted by molar-refractivity contribution is -0.137. The van der Waals surface area contributed by atoms with E-state index >= 15 is 0 Å². The fraction of sp³-hybridized carbons (Fsp3) is 0.462. The topological polar surface area (TPSA) is 34.1 Å². The van der Waals surface area contributed by atoms with Crippen LogP contribution in [0, 0.1) is 0 Å². The molecule has 3 nitrogen and oxygen atoms in total. The first-order chi connectivity index (χ1) is 9.36. The minimum absolute atomic E-state index is 0.186. The lowest BCUT2D eigenvalue weighted by atomic mass is 10.0. The van der Waals surface area contributed by atoms with Crippen LogP contribution >= 0.6 is 11.3 Å². The molecular weight excluding hydrogens is 289 g/mol. The summed E-state index contributed by atoms with van der Waals surface area (Å²) in [6, 6.07) is 3.64. The van der Waals surface area contributed by atoms with Gasteiger partial charge in [0.25, 0.3) is 0 Å². The SMILES string of the molecule is CC1(OCc2nc3cc(C(F)(F)F)ccc3s2)CNC1. The minimum Gasteiger partial charge on any atom is -0.365 e. The number of alkyl halides is 3. The van der Waals surface area contributed by atoms with Crippen molar-refractivity contribution in [2.75, 3.05) is 13.1 Å². The second-order valence-corrected chi connectivity index (χ2v) is 6.25. The maximum absolute atomic E-state index is 12.6. The third-order valence-corrected chi connectivity index (χ3v) is 4.31. The van der Waals surface area contributed by atoms with Crippen molar-refractivity contribution in [1.82, 2.24) is 10.3 Å². The van der Waals surface area contributed by atoms with Gasteiger partial charge in [0.05, 0.1) is 28.0 Å². The molecular formula is C13H13F3N2OS. The molecule has 20 heavy (non-hydrogen) atoms. The van der Waals surface area contributed by atoms with Crippen LogP contribution in [0.15, 0.2) is 18.2 Å². The van der Waals surface area contributed by atoms with Crippen LogP contribution in [0.4, 0.5) is 13.2 Å². The van der Waals surface area contributed by atoms with E-state index in [1.54, 1.807) is 0 Å². The Morgan fingerprint density at radius 2 is 2.15 bits per heavy atom. The molecule has 1 N–H and O–H groups in total. The van der Waals surface area contributed by atoms with E-state index in [1.807, 2.05) is 6.92 Å². The monoisotopic (exact) mass is 302 g/mol. The molecule has 1 aromatic carbocycles. The number of nitrogens with zero attached hydrogens (tertiary/aromatic N) is 1. The van der Waals surface area contributed by atoms with Gasteiger partial charge in [0, 0.05) is 13.1 Å². The number of nitrogens with one attached hydrogen (secondary N) is 1. The predicted molar refractivity (Wildman–Crippen MR) is 70.7 cm³/mol. The van der Waals surface area contributed by atoms with Crippen LogP contribution < -0.4 is 5.32 Å². The van der Waals surface area contributed by atoms with E-state index in [0.29, 0.717) is 17.1 Å². The zero-order valence-electron chi connectivity index (χ0n) is 10.8. The van der Waals surface area contributed by atoms with Crippen LogP contribution in [0.25, 0.3) is 10.2 Å². The number of halogens is 3. The highest BCUT2D eigenvalue weighted by Crippen LogP contribution is 2.33. The second-order valence-electron chi connectivity index (χ2n) is 5.13. The first-order valence-corrected chi connectivity index (χ1v) is 6.99. The summed E-state index contributed by atoms with van der Waals surface area (Å²) in [6.07, 6.45) is -4.33. The molecule has 0 atom stereocenters. The number of ether oxygens (including phenoxy) is 1. The van der Waals surface area contributed by atoms with E-state index in [2.05, 4.69) is 10.3 Å².